The molecular formula is C22H25N3O5. The van der Waals surface area contributed by atoms with Crippen LogP contribution in [-0.4, -0.2) is 48.3 Å². The van der Waals surface area contributed by atoms with Crippen molar-refractivity contribution in [2.45, 2.75) is 26.0 Å². The van der Waals surface area contributed by atoms with Crippen molar-refractivity contribution in [3.8, 4) is 28.6 Å². The first-order chi connectivity index (χ1) is 14.5. The predicted octanol–water partition coefficient (Wildman–Crippen LogP) is 3.57. The van der Waals surface area contributed by atoms with E-state index in [1.807, 2.05) is 43.3 Å². The molecule has 0 N–H and O–H groups in total. The molecule has 8 heteroatoms. The third kappa shape index (κ3) is 5.08. The Morgan fingerprint density at radius 2 is 1.73 bits per heavy atom. The van der Waals surface area contributed by atoms with Crippen LogP contribution in [0.2, 0.25) is 0 Å². The number of ether oxygens (including phenoxy) is 3. The number of amides is 1. The lowest BCUT2D eigenvalue weighted by Gasteiger charge is -2.22. The van der Waals surface area contributed by atoms with E-state index in [4.69, 9.17) is 18.7 Å². The highest BCUT2D eigenvalue weighted by atomic mass is 16.5. The zero-order valence-corrected chi connectivity index (χ0v) is 17.5. The molecule has 1 atom stereocenters. The third-order valence-corrected chi connectivity index (χ3v) is 4.51. The van der Waals surface area contributed by atoms with Gasteiger partial charge in [0.1, 0.15) is 17.2 Å². The van der Waals surface area contributed by atoms with E-state index in [1.54, 1.807) is 33.4 Å². The first kappa shape index (κ1) is 21.2. The standard InChI is InChI=1S/C22H25N3O5/c1-5-19(29-18-11-7-10-17(13-18)28-4)22(26)25(2)14-20-23-21(24-30-20)15-8-6-9-16(12-15)27-3/h6-13,19H,5,14H2,1-4H3/t19-/m0/s1. The Morgan fingerprint density at radius 1 is 1.07 bits per heavy atom. The van der Waals surface area contributed by atoms with Crippen molar-refractivity contribution in [3.05, 3.63) is 54.4 Å². The summed E-state index contributed by atoms with van der Waals surface area (Å²) >= 11 is 0. The molecule has 0 fully saturated rings. The van der Waals surface area contributed by atoms with Crippen molar-refractivity contribution in [2.75, 3.05) is 21.3 Å². The van der Waals surface area contributed by atoms with Crippen LogP contribution in [0.25, 0.3) is 11.4 Å². The minimum absolute atomic E-state index is 0.174. The predicted molar refractivity (Wildman–Crippen MR) is 110 cm³/mol. The second kappa shape index (κ2) is 9.78. The second-order valence-corrected chi connectivity index (χ2v) is 6.63. The number of rotatable bonds is 9. The molecule has 1 aromatic heterocycles. The second-order valence-electron chi connectivity index (χ2n) is 6.63. The van der Waals surface area contributed by atoms with Gasteiger partial charge in [-0.05, 0) is 30.7 Å². The minimum Gasteiger partial charge on any atom is -0.497 e. The summed E-state index contributed by atoms with van der Waals surface area (Å²) < 4.78 is 21.6. The fourth-order valence-corrected chi connectivity index (χ4v) is 2.87. The maximum Gasteiger partial charge on any atom is 0.263 e. The van der Waals surface area contributed by atoms with Gasteiger partial charge in [-0.15, -0.1) is 0 Å². The summed E-state index contributed by atoms with van der Waals surface area (Å²) in [6.45, 7) is 2.07. The van der Waals surface area contributed by atoms with Crippen LogP contribution in [0.15, 0.2) is 53.1 Å². The normalized spacial score (nSPS) is 11.6. The van der Waals surface area contributed by atoms with Gasteiger partial charge in [0.25, 0.3) is 5.91 Å². The number of hydrogen-bond donors (Lipinski definition) is 0. The quantitative estimate of drug-likeness (QED) is 0.532. The van der Waals surface area contributed by atoms with Crippen LogP contribution < -0.4 is 14.2 Å². The summed E-state index contributed by atoms with van der Waals surface area (Å²) in [5, 5.41) is 4.00. The summed E-state index contributed by atoms with van der Waals surface area (Å²) in [6, 6.07) is 14.5. The first-order valence-corrected chi connectivity index (χ1v) is 9.56. The smallest absolute Gasteiger partial charge is 0.263 e. The van der Waals surface area contributed by atoms with Gasteiger partial charge >= 0.3 is 0 Å². The Kier molecular flexibility index (Phi) is 6.90. The molecule has 0 spiro atoms. The molecule has 158 valence electrons. The third-order valence-electron chi connectivity index (χ3n) is 4.51. The lowest BCUT2D eigenvalue weighted by atomic mass is 10.2. The fraction of sp³-hybridized carbons (Fsp3) is 0.318. The zero-order valence-electron chi connectivity index (χ0n) is 17.5. The average Bonchev–Trinajstić information content (AvgIpc) is 3.25. The maximum absolute atomic E-state index is 12.9. The Balaban J connectivity index is 1.66. The number of hydrogen-bond acceptors (Lipinski definition) is 7. The number of aromatic nitrogens is 2. The van der Waals surface area contributed by atoms with Gasteiger partial charge in [-0.2, -0.15) is 4.98 Å². The van der Waals surface area contributed by atoms with E-state index in [1.165, 1.54) is 4.90 Å². The van der Waals surface area contributed by atoms with Gasteiger partial charge in [0.05, 0.1) is 20.8 Å². The monoisotopic (exact) mass is 411 g/mol. The summed E-state index contributed by atoms with van der Waals surface area (Å²) in [5.41, 5.74) is 0.770. The van der Waals surface area contributed by atoms with E-state index in [9.17, 15) is 4.79 Å². The topological polar surface area (TPSA) is 86.9 Å². The van der Waals surface area contributed by atoms with Crippen molar-refractivity contribution in [2.24, 2.45) is 0 Å². The van der Waals surface area contributed by atoms with Crippen molar-refractivity contribution < 1.29 is 23.5 Å². The molecule has 0 aliphatic rings. The summed E-state index contributed by atoms with van der Waals surface area (Å²) in [7, 11) is 4.86. The van der Waals surface area contributed by atoms with Crippen LogP contribution in [-0.2, 0) is 11.3 Å². The van der Waals surface area contributed by atoms with Crippen LogP contribution in [0.5, 0.6) is 17.2 Å². The SMILES string of the molecule is CC[C@H](Oc1cccc(OC)c1)C(=O)N(C)Cc1nc(-c2cccc(OC)c2)no1. The molecular weight excluding hydrogens is 386 g/mol. The Morgan fingerprint density at radius 3 is 2.43 bits per heavy atom. The van der Waals surface area contributed by atoms with Gasteiger partial charge < -0.3 is 23.6 Å². The van der Waals surface area contributed by atoms with Gasteiger partial charge in [-0.1, -0.05) is 30.3 Å². The maximum atomic E-state index is 12.9. The molecule has 0 saturated heterocycles. The van der Waals surface area contributed by atoms with Gasteiger partial charge in [0.2, 0.25) is 11.7 Å². The molecule has 0 radical (unpaired) electrons. The molecule has 30 heavy (non-hydrogen) atoms. The van der Waals surface area contributed by atoms with Gasteiger partial charge in [-0.25, -0.2) is 0 Å². The molecule has 0 bridgehead atoms. The molecule has 0 aliphatic heterocycles. The number of carbonyl (C=O) groups is 1. The molecule has 0 saturated carbocycles. The highest BCUT2D eigenvalue weighted by Gasteiger charge is 2.24. The van der Waals surface area contributed by atoms with Crippen molar-refractivity contribution in [1.29, 1.82) is 0 Å². The number of methoxy groups -OCH3 is 2. The summed E-state index contributed by atoms with van der Waals surface area (Å²) in [6.07, 6.45) is -0.123. The van der Waals surface area contributed by atoms with E-state index in [0.717, 1.165) is 5.56 Å². The lowest BCUT2D eigenvalue weighted by Crippen LogP contribution is -2.39. The molecule has 0 unspecified atom stereocenters. The summed E-state index contributed by atoms with van der Waals surface area (Å²) in [5.74, 6) is 2.53. The lowest BCUT2D eigenvalue weighted by molar-refractivity contribution is -0.138. The van der Waals surface area contributed by atoms with Crippen LogP contribution in [0.4, 0.5) is 0 Å². The Hall–Kier alpha value is -3.55. The van der Waals surface area contributed by atoms with Crippen LogP contribution in [0.1, 0.15) is 19.2 Å². The highest BCUT2D eigenvalue weighted by molar-refractivity contribution is 5.81. The first-order valence-electron chi connectivity index (χ1n) is 9.56. The zero-order chi connectivity index (χ0) is 21.5. The van der Waals surface area contributed by atoms with Crippen molar-refractivity contribution in [1.82, 2.24) is 15.0 Å². The van der Waals surface area contributed by atoms with E-state index in [-0.39, 0.29) is 12.5 Å². The van der Waals surface area contributed by atoms with Gasteiger partial charge in [-0.3, -0.25) is 4.79 Å². The fourth-order valence-electron chi connectivity index (χ4n) is 2.87. The van der Waals surface area contributed by atoms with E-state index >= 15 is 0 Å². The molecule has 0 aliphatic carbocycles. The largest absolute Gasteiger partial charge is 0.497 e. The van der Waals surface area contributed by atoms with Gasteiger partial charge in [0.15, 0.2) is 6.10 Å². The highest BCUT2D eigenvalue weighted by Crippen LogP contribution is 2.23. The van der Waals surface area contributed by atoms with Crippen molar-refractivity contribution >= 4 is 5.91 Å². The molecule has 3 rings (SSSR count). The number of likely N-dealkylation sites (N-methyl/N-ethyl adjacent to an activating group) is 1. The Bertz CT molecular complexity index is 988. The van der Waals surface area contributed by atoms with E-state index in [0.29, 0.717) is 35.4 Å². The number of carbonyl (C=O) groups excluding carboxylic acids is 1. The average molecular weight is 411 g/mol. The van der Waals surface area contributed by atoms with Crippen LogP contribution in [0.3, 0.4) is 0 Å². The molecule has 1 heterocycles. The molecule has 3 aromatic rings. The number of benzene rings is 2. The number of nitrogens with zero attached hydrogens (tertiary/aromatic N) is 3. The molecule has 1 amide bonds. The van der Waals surface area contributed by atoms with Crippen LogP contribution >= 0.6 is 0 Å². The minimum atomic E-state index is -0.636. The Labute approximate surface area is 175 Å². The van der Waals surface area contributed by atoms with E-state index < -0.39 is 6.10 Å². The van der Waals surface area contributed by atoms with Crippen LogP contribution in [0, 0.1) is 0 Å². The van der Waals surface area contributed by atoms with Gasteiger partial charge in [0, 0.05) is 18.7 Å². The molecule has 2 aromatic carbocycles. The van der Waals surface area contributed by atoms with Crippen molar-refractivity contribution in [3.63, 3.8) is 0 Å². The van der Waals surface area contributed by atoms with E-state index in [2.05, 4.69) is 10.1 Å². The molecule has 8 nitrogen and oxygen atoms in total. The summed E-state index contributed by atoms with van der Waals surface area (Å²) in [4.78, 5) is 18.8.